The van der Waals surface area contributed by atoms with Gasteiger partial charge in [-0.3, -0.25) is 13.9 Å². The van der Waals surface area contributed by atoms with E-state index in [1.165, 1.54) is 4.90 Å². The second kappa shape index (κ2) is 5.82. The van der Waals surface area contributed by atoms with Crippen molar-refractivity contribution >= 4 is 21.1 Å². The van der Waals surface area contributed by atoms with Crippen LogP contribution in [0.4, 0.5) is 0 Å². The van der Waals surface area contributed by atoms with E-state index in [0.717, 1.165) is 0 Å². The van der Waals surface area contributed by atoms with E-state index in [1.807, 2.05) is 0 Å². The quantitative estimate of drug-likeness (QED) is 0.323. The summed E-state index contributed by atoms with van der Waals surface area (Å²) in [5.74, 6) is -1.69. The standard InChI is InChI=1S/C8H18N2O8P2/c9-5-7(11)10-3-1-6(2-4-10)8(12,19(13,14)15)20(16,17)18/h6,12H,1-5,9H2,(H2,13,14,15)(H2,16,17,18). The van der Waals surface area contributed by atoms with Crippen LogP contribution in [-0.4, -0.2) is 60.2 Å². The Kier molecular flexibility index (Phi) is 5.17. The minimum absolute atomic E-state index is 0.0169. The highest BCUT2D eigenvalue weighted by Crippen LogP contribution is 2.71. The fourth-order valence-corrected chi connectivity index (χ4v) is 5.12. The summed E-state index contributed by atoms with van der Waals surface area (Å²) in [5.41, 5.74) is 5.17. The molecule has 1 rings (SSSR count). The number of rotatable bonds is 4. The first kappa shape index (κ1) is 17.7. The van der Waals surface area contributed by atoms with Crippen LogP contribution in [0.15, 0.2) is 0 Å². The molecule has 0 atom stereocenters. The van der Waals surface area contributed by atoms with Gasteiger partial charge in [0.15, 0.2) is 0 Å². The highest BCUT2D eigenvalue weighted by molar-refractivity contribution is 7.72. The summed E-state index contributed by atoms with van der Waals surface area (Å²) < 4.78 is 22.6. The summed E-state index contributed by atoms with van der Waals surface area (Å²) in [6.45, 7) is -0.196. The topological polar surface area (TPSA) is 182 Å². The zero-order chi connectivity index (χ0) is 15.8. The summed E-state index contributed by atoms with van der Waals surface area (Å²) in [5, 5.41) is 6.52. The van der Waals surface area contributed by atoms with Crippen molar-refractivity contribution in [2.24, 2.45) is 11.7 Å². The Bertz CT molecular complexity index is 441. The lowest BCUT2D eigenvalue weighted by Crippen LogP contribution is -2.47. The van der Waals surface area contributed by atoms with Gasteiger partial charge in [0.2, 0.25) is 5.91 Å². The van der Waals surface area contributed by atoms with Crippen LogP contribution in [0, 0.1) is 5.92 Å². The Morgan fingerprint density at radius 1 is 1.15 bits per heavy atom. The lowest BCUT2D eigenvalue weighted by Gasteiger charge is -2.41. The largest absolute Gasteiger partial charge is 0.369 e. The van der Waals surface area contributed by atoms with Gasteiger partial charge in [0, 0.05) is 19.0 Å². The second-order valence-corrected chi connectivity index (χ2v) is 8.53. The lowest BCUT2D eigenvalue weighted by atomic mass is 9.97. The predicted molar refractivity (Wildman–Crippen MR) is 67.4 cm³/mol. The highest BCUT2D eigenvalue weighted by atomic mass is 31.2. The Hall–Kier alpha value is -0.310. The maximum atomic E-state index is 11.3. The van der Waals surface area contributed by atoms with Gasteiger partial charge in [-0.1, -0.05) is 0 Å². The minimum atomic E-state index is -5.46. The number of likely N-dealkylation sites (tertiary alicyclic amines) is 1. The normalized spacial score (nSPS) is 19.2. The third kappa shape index (κ3) is 3.13. The Morgan fingerprint density at radius 3 is 1.85 bits per heavy atom. The average molecular weight is 332 g/mol. The van der Waals surface area contributed by atoms with E-state index in [1.54, 1.807) is 0 Å². The van der Waals surface area contributed by atoms with Crippen molar-refractivity contribution in [1.29, 1.82) is 0 Å². The first-order valence-corrected chi connectivity index (χ1v) is 8.99. The van der Waals surface area contributed by atoms with Crippen molar-refractivity contribution in [2.75, 3.05) is 19.6 Å². The number of nitrogens with two attached hydrogens (primary N) is 1. The van der Waals surface area contributed by atoms with Gasteiger partial charge in [0.25, 0.3) is 5.08 Å². The number of nitrogens with zero attached hydrogens (tertiary/aromatic N) is 1. The van der Waals surface area contributed by atoms with Crippen molar-refractivity contribution in [3.05, 3.63) is 0 Å². The molecule has 7 N–H and O–H groups in total. The van der Waals surface area contributed by atoms with Crippen molar-refractivity contribution in [2.45, 2.75) is 17.9 Å². The van der Waals surface area contributed by atoms with Crippen molar-refractivity contribution in [3.63, 3.8) is 0 Å². The minimum Gasteiger partial charge on any atom is -0.367 e. The number of piperidine rings is 1. The number of hydrogen-bond donors (Lipinski definition) is 6. The number of aliphatic hydroxyl groups is 1. The summed E-state index contributed by atoms with van der Waals surface area (Å²) >= 11 is 0. The first-order valence-electron chi connectivity index (χ1n) is 5.76. The Balaban J connectivity index is 2.97. The van der Waals surface area contributed by atoms with Crippen LogP contribution >= 0.6 is 15.2 Å². The van der Waals surface area contributed by atoms with Gasteiger partial charge in [-0.2, -0.15) is 0 Å². The monoisotopic (exact) mass is 332 g/mol. The molecule has 20 heavy (non-hydrogen) atoms. The van der Waals surface area contributed by atoms with Gasteiger partial charge >= 0.3 is 15.2 Å². The van der Waals surface area contributed by atoms with Gasteiger partial charge in [-0.05, 0) is 12.8 Å². The van der Waals surface area contributed by atoms with Gasteiger partial charge in [-0.25, -0.2) is 0 Å². The van der Waals surface area contributed by atoms with Crippen molar-refractivity contribution in [1.82, 2.24) is 4.90 Å². The van der Waals surface area contributed by atoms with E-state index >= 15 is 0 Å². The van der Waals surface area contributed by atoms with E-state index < -0.39 is 26.2 Å². The summed E-state index contributed by atoms with van der Waals surface area (Å²) in [4.78, 5) is 49.1. The van der Waals surface area contributed by atoms with Gasteiger partial charge in [0.1, 0.15) is 0 Å². The van der Waals surface area contributed by atoms with Crippen molar-refractivity contribution < 1.29 is 38.6 Å². The van der Waals surface area contributed by atoms with Crippen LogP contribution in [0.1, 0.15) is 12.8 Å². The molecule has 1 amide bonds. The van der Waals surface area contributed by atoms with Crippen LogP contribution in [-0.2, 0) is 13.9 Å². The number of carbonyl (C=O) groups is 1. The average Bonchev–Trinajstić information content (AvgIpc) is 2.34. The second-order valence-electron chi connectivity index (χ2n) is 4.63. The van der Waals surface area contributed by atoms with Gasteiger partial charge in [0.05, 0.1) is 6.54 Å². The van der Waals surface area contributed by atoms with E-state index in [2.05, 4.69) is 0 Å². The molecule has 0 radical (unpaired) electrons. The molecule has 0 aliphatic carbocycles. The molecule has 12 heteroatoms. The maximum Gasteiger partial charge on any atom is 0.369 e. The van der Waals surface area contributed by atoms with Gasteiger partial charge in [-0.15, -0.1) is 0 Å². The van der Waals surface area contributed by atoms with Gasteiger partial charge < -0.3 is 35.3 Å². The third-order valence-electron chi connectivity index (χ3n) is 3.43. The van der Waals surface area contributed by atoms with E-state index in [0.29, 0.717) is 0 Å². The lowest BCUT2D eigenvalue weighted by molar-refractivity contribution is -0.131. The van der Waals surface area contributed by atoms with E-state index in [9.17, 15) is 19.0 Å². The molecule has 0 spiro atoms. The molecule has 0 aromatic rings. The van der Waals surface area contributed by atoms with Crippen LogP contribution in [0.25, 0.3) is 0 Å². The molecule has 1 heterocycles. The highest BCUT2D eigenvalue weighted by Gasteiger charge is 2.64. The molecule has 1 aliphatic rings. The molecule has 1 fully saturated rings. The molecule has 10 nitrogen and oxygen atoms in total. The van der Waals surface area contributed by atoms with Crippen LogP contribution in [0.2, 0.25) is 0 Å². The Morgan fingerprint density at radius 2 is 1.55 bits per heavy atom. The zero-order valence-electron chi connectivity index (χ0n) is 10.5. The first-order chi connectivity index (χ1) is 8.95. The van der Waals surface area contributed by atoms with Crippen LogP contribution in [0.3, 0.4) is 0 Å². The van der Waals surface area contributed by atoms with Crippen LogP contribution in [0.5, 0.6) is 0 Å². The molecule has 0 aromatic heterocycles. The molecular formula is C8H18N2O8P2. The maximum absolute atomic E-state index is 11.3. The molecular weight excluding hydrogens is 314 g/mol. The zero-order valence-corrected chi connectivity index (χ0v) is 12.3. The summed E-state index contributed by atoms with van der Waals surface area (Å²) in [6, 6.07) is 0. The number of amides is 1. The molecule has 1 aliphatic heterocycles. The fraction of sp³-hybridized carbons (Fsp3) is 0.875. The van der Waals surface area contributed by atoms with E-state index in [4.69, 9.17) is 25.3 Å². The third-order valence-corrected chi connectivity index (χ3v) is 7.44. The van der Waals surface area contributed by atoms with E-state index in [-0.39, 0.29) is 38.4 Å². The smallest absolute Gasteiger partial charge is 0.367 e. The molecule has 0 aromatic carbocycles. The Labute approximate surface area is 114 Å². The molecule has 0 bridgehead atoms. The summed E-state index contributed by atoms with van der Waals surface area (Å²) in [7, 11) is -10.9. The fourth-order valence-electron chi connectivity index (χ4n) is 2.29. The molecule has 0 saturated carbocycles. The SMILES string of the molecule is NCC(=O)N1CCC(C(O)(P(=O)(O)O)P(=O)(O)O)CC1. The van der Waals surface area contributed by atoms with Crippen molar-refractivity contribution in [3.8, 4) is 0 Å². The number of hydrogen-bond acceptors (Lipinski definition) is 5. The van der Waals surface area contributed by atoms with Crippen LogP contribution < -0.4 is 5.73 Å². The number of carbonyl (C=O) groups excluding carboxylic acids is 1. The predicted octanol–water partition coefficient (Wildman–Crippen LogP) is -1.81. The molecule has 1 saturated heterocycles. The molecule has 118 valence electrons. The molecule has 0 unspecified atom stereocenters. The summed E-state index contributed by atoms with van der Waals surface area (Å²) in [6.07, 6.45) is -0.281.